The normalized spacial score (nSPS) is 10.9. The SMILES string of the molecule is CCCCOC(=O)c1csc2ncn(CC(=O)c3ccc(-c4ccccc4)cc3)c(=O)c12. The molecule has 7 heteroatoms. The van der Waals surface area contributed by atoms with Crippen molar-refractivity contribution in [2.24, 2.45) is 0 Å². The summed E-state index contributed by atoms with van der Waals surface area (Å²) >= 11 is 1.21. The number of aromatic nitrogens is 2. The predicted octanol–water partition coefficient (Wildman–Crippen LogP) is 4.96. The summed E-state index contributed by atoms with van der Waals surface area (Å²) in [4.78, 5) is 42.9. The number of nitrogens with zero attached hydrogens (tertiary/aromatic N) is 2. The van der Waals surface area contributed by atoms with Crippen LogP contribution in [-0.4, -0.2) is 27.9 Å². The van der Waals surface area contributed by atoms with E-state index in [4.69, 9.17) is 4.74 Å². The topological polar surface area (TPSA) is 78.3 Å². The first-order valence-corrected chi connectivity index (χ1v) is 11.3. The van der Waals surface area contributed by atoms with Gasteiger partial charge in [-0.1, -0.05) is 67.9 Å². The Hall–Kier alpha value is -3.58. The Morgan fingerprint density at radius 2 is 1.75 bits per heavy atom. The summed E-state index contributed by atoms with van der Waals surface area (Å²) in [5.74, 6) is -0.751. The van der Waals surface area contributed by atoms with Gasteiger partial charge in [-0.2, -0.15) is 0 Å². The zero-order valence-electron chi connectivity index (χ0n) is 17.6. The molecule has 0 bridgehead atoms. The number of Topliss-reactive ketones (excluding diaryl/α,β-unsaturated/α-hetero) is 1. The third-order valence-electron chi connectivity index (χ3n) is 5.14. The van der Waals surface area contributed by atoms with Gasteiger partial charge in [-0.05, 0) is 17.5 Å². The largest absolute Gasteiger partial charge is 0.462 e. The van der Waals surface area contributed by atoms with Gasteiger partial charge in [-0.3, -0.25) is 14.2 Å². The molecule has 0 aliphatic rings. The molecule has 2 heterocycles. The van der Waals surface area contributed by atoms with Crippen molar-refractivity contribution in [3.05, 3.63) is 87.8 Å². The van der Waals surface area contributed by atoms with E-state index in [0.717, 1.165) is 24.0 Å². The Kier molecular flexibility index (Phi) is 6.56. The fraction of sp³-hybridized carbons (Fsp3) is 0.200. The summed E-state index contributed by atoms with van der Waals surface area (Å²) in [6, 6.07) is 17.2. The standard InChI is InChI=1S/C25H22N2O4S/c1-2-3-13-31-25(30)20-15-32-23-22(20)24(29)27(16-26-23)14-21(28)19-11-9-18(10-12-19)17-7-5-4-6-8-17/h4-12,15-16H,2-3,13-14H2,1H3. The molecule has 32 heavy (non-hydrogen) atoms. The van der Waals surface area contributed by atoms with Crippen molar-refractivity contribution in [2.75, 3.05) is 6.61 Å². The number of hydrogen-bond donors (Lipinski definition) is 0. The quantitative estimate of drug-likeness (QED) is 0.217. The Bertz CT molecular complexity index is 1310. The van der Waals surface area contributed by atoms with E-state index in [2.05, 4.69) is 4.98 Å². The van der Waals surface area contributed by atoms with E-state index in [1.54, 1.807) is 17.5 Å². The van der Waals surface area contributed by atoms with Gasteiger partial charge in [-0.15, -0.1) is 11.3 Å². The summed E-state index contributed by atoms with van der Waals surface area (Å²) in [5.41, 5.74) is 2.35. The molecule has 6 nitrogen and oxygen atoms in total. The number of rotatable bonds is 8. The van der Waals surface area contributed by atoms with Crippen LogP contribution in [0.25, 0.3) is 21.3 Å². The summed E-state index contributed by atoms with van der Waals surface area (Å²) in [6.45, 7) is 2.15. The summed E-state index contributed by atoms with van der Waals surface area (Å²) in [6.07, 6.45) is 3.01. The molecule has 0 saturated carbocycles. The highest BCUT2D eigenvalue weighted by Gasteiger charge is 2.19. The monoisotopic (exact) mass is 446 g/mol. The van der Waals surface area contributed by atoms with Gasteiger partial charge < -0.3 is 4.74 Å². The van der Waals surface area contributed by atoms with Crippen LogP contribution in [-0.2, 0) is 11.3 Å². The number of ether oxygens (including phenoxy) is 1. The van der Waals surface area contributed by atoms with Crippen molar-refractivity contribution >= 4 is 33.3 Å². The molecular formula is C25H22N2O4S. The van der Waals surface area contributed by atoms with Crippen molar-refractivity contribution in [3.8, 4) is 11.1 Å². The lowest BCUT2D eigenvalue weighted by atomic mass is 10.0. The van der Waals surface area contributed by atoms with Gasteiger partial charge in [0.25, 0.3) is 5.56 Å². The Morgan fingerprint density at radius 3 is 2.47 bits per heavy atom. The van der Waals surface area contributed by atoms with Gasteiger partial charge in [0.05, 0.1) is 30.4 Å². The van der Waals surface area contributed by atoms with Crippen LogP contribution in [0.15, 0.2) is 71.1 Å². The fourth-order valence-corrected chi connectivity index (χ4v) is 4.21. The maximum atomic E-state index is 13.0. The number of hydrogen-bond acceptors (Lipinski definition) is 6. The number of fused-ring (bicyclic) bond motifs is 1. The number of carbonyl (C=O) groups excluding carboxylic acids is 2. The summed E-state index contributed by atoms with van der Waals surface area (Å²) < 4.78 is 6.49. The summed E-state index contributed by atoms with van der Waals surface area (Å²) in [7, 11) is 0. The molecule has 0 saturated heterocycles. The average Bonchev–Trinajstić information content (AvgIpc) is 3.27. The van der Waals surface area contributed by atoms with E-state index < -0.39 is 11.5 Å². The second kappa shape index (κ2) is 9.70. The van der Waals surface area contributed by atoms with E-state index in [1.165, 1.54) is 22.2 Å². The van der Waals surface area contributed by atoms with Gasteiger partial charge in [0.15, 0.2) is 5.78 Å². The molecule has 0 amide bonds. The molecule has 2 aromatic heterocycles. The molecule has 0 aliphatic carbocycles. The Labute approximate surface area is 189 Å². The van der Waals surface area contributed by atoms with Crippen molar-refractivity contribution in [2.45, 2.75) is 26.3 Å². The maximum Gasteiger partial charge on any atom is 0.339 e. The van der Waals surface area contributed by atoms with E-state index in [-0.39, 0.29) is 23.3 Å². The number of benzene rings is 2. The molecule has 0 atom stereocenters. The van der Waals surface area contributed by atoms with E-state index >= 15 is 0 Å². The van der Waals surface area contributed by atoms with Gasteiger partial charge in [0.1, 0.15) is 4.83 Å². The van der Waals surface area contributed by atoms with Crippen LogP contribution in [0.1, 0.15) is 40.5 Å². The number of unbranched alkanes of at least 4 members (excludes halogenated alkanes) is 1. The Morgan fingerprint density at radius 1 is 1.03 bits per heavy atom. The minimum absolute atomic E-state index is 0.160. The molecular weight excluding hydrogens is 424 g/mol. The second-order valence-electron chi connectivity index (χ2n) is 7.36. The highest BCUT2D eigenvalue weighted by Crippen LogP contribution is 2.22. The molecule has 4 aromatic rings. The highest BCUT2D eigenvalue weighted by molar-refractivity contribution is 7.17. The molecule has 0 radical (unpaired) electrons. The zero-order chi connectivity index (χ0) is 22.5. The molecule has 0 N–H and O–H groups in total. The molecule has 162 valence electrons. The van der Waals surface area contributed by atoms with E-state index in [1.807, 2.05) is 49.4 Å². The van der Waals surface area contributed by atoms with Crippen molar-refractivity contribution in [1.82, 2.24) is 9.55 Å². The third-order valence-corrected chi connectivity index (χ3v) is 6.03. The van der Waals surface area contributed by atoms with Crippen molar-refractivity contribution < 1.29 is 14.3 Å². The van der Waals surface area contributed by atoms with Crippen LogP contribution in [0.4, 0.5) is 0 Å². The number of carbonyl (C=O) groups is 2. The van der Waals surface area contributed by atoms with Gasteiger partial charge in [0.2, 0.25) is 0 Å². The van der Waals surface area contributed by atoms with Crippen LogP contribution in [0.3, 0.4) is 0 Å². The highest BCUT2D eigenvalue weighted by atomic mass is 32.1. The molecule has 2 aromatic carbocycles. The van der Waals surface area contributed by atoms with Crippen LogP contribution in [0.5, 0.6) is 0 Å². The Balaban J connectivity index is 1.55. The molecule has 0 unspecified atom stereocenters. The average molecular weight is 447 g/mol. The van der Waals surface area contributed by atoms with Crippen LogP contribution in [0.2, 0.25) is 0 Å². The van der Waals surface area contributed by atoms with E-state index in [9.17, 15) is 14.4 Å². The minimum atomic E-state index is -0.538. The van der Waals surface area contributed by atoms with Crippen LogP contribution < -0.4 is 5.56 Å². The van der Waals surface area contributed by atoms with Gasteiger partial charge in [-0.25, -0.2) is 9.78 Å². The molecule has 4 rings (SSSR count). The van der Waals surface area contributed by atoms with Crippen LogP contribution >= 0.6 is 11.3 Å². The van der Waals surface area contributed by atoms with Gasteiger partial charge in [0, 0.05) is 10.9 Å². The molecule has 0 spiro atoms. The van der Waals surface area contributed by atoms with Crippen molar-refractivity contribution in [3.63, 3.8) is 0 Å². The first kappa shape index (κ1) is 21.6. The van der Waals surface area contributed by atoms with Gasteiger partial charge >= 0.3 is 5.97 Å². The maximum absolute atomic E-state index is 13.0. The predicted molar refractivity (Wildman–Crippen MR) is 125 cm³/mol. The molecule has 0 fully saturated rings. The first-order chi connectivity index (χ1) is 15.6. The number of ketones is 1. The lowest BCUT2D eigenvalue weighted by Crippen LogP contribution is -2.25. The van der Waals surface area contributed by atoms with Crippen LogP contribution in [0, 0.1) is 0 Å². The second-order valence-corrected chi connectivity index (χ2v) is 8.22. The van der Waals surface area contributed by atoms with Crippen molar-refractivity contribution in [1.29, 1.82) is 0 Å². The zero-order valence-corrected chi connectivity index (χ0v) is 18.4. The van der Waals surface area contributed by atoms with E-state index in [0.29, 0.717) is 17.0 Å². The number of thiophene rings is 1. The lowest BCUT2D eigenvalue weighted by Gasteiger charge is -2.07. The lowest BCUT2D eigenvalue weighted by molar-refractivity contribution is 0.0502. The fourth-order valence-electron chi connectivity index (χ4n) is 3.34. The minimum Gasteiger partial charge on any atom is -0.462 e. The molecule has 0 aliphatic heterocycles. The number of esters is 1. The third kappa shape index (κ3) is 4.53. The smallest absolute Gasteiger partial charge is 0.339 e. The summed E-state index contributed by atoms with van der Waals surface area (Å²) in [5, 5.41) is 1.79. The first-order valence-electron chi connectivity index (χ1n) is 10.4.